The van der Waals surface area contributed by atoms with E-state index in [0.717, 1.165) is 25.3 Å². The van der Waals surface area contributed by atoms with Gasteiger partial charge in [-0.2, -0.15) is 0 Å². The molecule has 0 amide bonds. The molecule has 1 fully saturated rings. The van der Waals surface area contributed by atoms with Gasteiger partial charge in [0.05, 0.1) is 6.61 Å². The highest BCUT2D eigenvalue weighted by atomic mass is 16.5. The Kier molecular flexibility index (Phi) is 4.16. The van der Waals surface area contributed by atoms with Crippen LogP contribution >= 0.6 is 0 Å². The Hall–Kier alpha value is -1.22. The van der Waals surface area contributed by atoms with Gasteiger partial charge in [-0.05, 0) is 51.3 Å². The van der Waals surface area contributed by atoms with Gasteiger partial charge in [0.15, 0.2) is 0 Å². The van der Waals surface area contributed by atoms with Crippen molar-refractivity contribution in [2.75, 3.05) is 31.6 Å². The number of nitrogens with one attached hydrogen (secondary N) is 1. The molecule has 2 aliphatic rings. The number of ether oxygens (including phenoxy) is 1. The minimum absolute atomic E-state index is 0.655. The molecule has 1 unspecified atom stereocenters. The van der Waals surface area contributed by atoms with Gasteiger partial charge in [-0.25, -0.2) is 0 Å². The average molecular weight is 274 g/mol. The molecule has 110 valence electrons. The van der Waals surface area contributed by atoms with Gasteiger partial charge in [0.2, 0.25) is 0 Å². The van der Waals surface area contributed by atoms with Crippen LogP contribution in [0.2, 0.25) is 0 Å². The average Bonchev–Trinajstić information content (AvgIpc) is 2.93. The zero-order chi connectivity index (χ0) is 13.9. The molecule has 1 saturated heterocycles. The third-order valence-corrected chi connectivity index (χ3v) is 4.56. The molecule has 3 rings (SSSR count). The van der Waals surface area contributed by atoms with E-state index in [-0.39, 0.29) is 0 Å². The van der Waals surface area contributed by atoms with Crippen molar-refractivity contribution in [2.45, 2.75) is 39.2 Å². The first-order valence-corrected chi connectivity index (χ1v) is 7.96. The van der Waals surface area contributed by atoms with Crippen LogP contribution in [0, 0.1) is 5.92 Å². The molecular weight excluding hydrogens is 248 g/mol. The fourth-order valence-electron chi connectivity index (χ4n) is 3.28. The van der Waals surface area contributed by atoms with Crippen molar-refractivity contribution in [1.29, 1.82) is 0 Å². The van der Waals surface area contributed by atoms with Crippen LogP contribution in [0.5, 0.6) is 5.75 Å². The Labute approximate surface area is 122 Å². The largest absolute Gasteiger partial charge is 0.493 e. The molecule has 1 aromatic rings. The van der Waals surface area contributed by atoms with Crippen molar-refractivity contribution < 1.29 is 4.74 Å². The monoisotopic (exact) mass is 274 g/mol. The number of piperidine rings is 1. The third-order valence-electron chi connectivity index (χ3n) is 4.56. The van der Waals surface area contributed by atoms with Gasteiger partial charge in [0.25, 0.3) is 0 Å². The minimum Gasteiger partial charge on any atom is -0.493 e. The Bertz CT molecular complexity index is 458. The van der Waals surface area contributed by atoms with Crippen LogP contribution in [-0.2, 0) is 6.42 Å². The van der Waals surface area contributed by atoms with Gasteiger partial charge < -0.3 is 15.0 Å². The van der Waals surface area contributed by atoms with E-state index < -0.39 is 0 Å². The molecule has 2 heterocycles. The zero-order valence-corrected chi connectivity index (χ0v) is 12.7. The number of nitrogens with zero attached hydrogens (tertiary/aromatic N) is 1. The summed E-state index contributed by atoms with van der Waals surface area (Å²) in [6.45, 7) is 8.91. The van der Waals surface area contributed by atoms with Gasteiger partial charge in [0, 0.05) is 36.8 Å². The van der Waals surface area contributed by atoms with E-state index >= 15 is 0 Å². The molecule has 1 aromatic carbocycles. The number of fused-ring (bicyclic) bond motifs is 1. The van der Waals surface area contributed by atoms with Crippen molar-refractivity contribution in [1.82, 2.24) is 4.90 Å². The summed E-state index contributed by atoms with van der Waals surface area (Å²) in [5.41, 5.74) is 2.68. The maximum atomic E-state index is 6.03. The van der Waals surface area contributed by atoms with Crippen molar-refractivity contribution in [3.05, 3.63) is 23.8 Å². The number of rotatable bonds is 4. The summed E-state index contributed by atoms with van der Waals surface area (Å²) in [5.74, 6) is 1.69. The van der Waals surface area contributed by atoms with Crippen molar-refractivity contribution in [3.8, 4) is 5.75 Å². The second-order valence-corrected chi connectivity index (χ2v) is 6.40. The summed E-state index contributed by atoms with van der Waals surface area (Å²) in [6.07, 6.45) is 3.74. The Morgan fingerprint density at radius 1 is 1.40 bits per heavy atom. The number of benzene rings is 1. The number of likely N-dealkylation sites (tertiary alicyclic amines) is 1. The first-order chi connectivity index (χ1) is 9.72. The van der Waals surface area contributed by atoms with E-state index in [1.54, 1.807) is 0 Å². The lowest BCUT2D eigenvalue weighted by atomic mass is 9.98. The SMILES string of the molecule is CC(C)N1CCCC(COc2ccc3c(c2)NCC3)C1. The molecule has 1 atom stereocenters. The van der Waals surface area contributed by atoms with E-state index in [0.29, 0.717) is 12.0 Å². The van der Waals surface area contributed by atoms with Crippen molar-refractivity contribution >= 4 is 5.69 Å². The predicted molar refractivity (Wildman–Crippen MR) is 83.6 cm³/mol. The standard InChI is InChI=1S/C17H26N2O/c1-13(2)19-9-3-4-14(11-19)12-20-16-6-5-15-7-8-18-17(15)10-16/h5-6,10,13-14,18H,3-4,7-9,11-12H2,1-2H3. The first-order valence-electron chi connectivity index (χ1n) is 7.96. The van der Waals surface area contributed by atoms with Gasteiger partial charge >= 0.3 is 0 Å². The van der Waals surface area contributed by atoms with Gasteiger partial charge in [0.1, 0.15) is 5.75 Å². The minimum atomic E-state index is 0.655. The normalized spacial score (nSPS) is 22.6. The fraction of sp³-hybridized carbons (Fsp3) is 0.647. The highest BCUT2D eigenvalue weighted by Gasteiger charge is 2.22. The van der Waals surface area contributed by atoms with E-state index in [4.69, 9.17) is 4.74 Å². The molecule has 3 heteroatoms. The van der Waals surface area contributed by atoms with Crippen molar-refractivity contribution in [3.63, 3.8) is 0 Å². The van der Waals surface area contributed by atoms with Crippen LogP contribution in [-0.4, -0.2) is 37.2 Å². The quantitative estimate of drug-likeness (QED) is 0.913. The molecule has 0 saturated carbocycles. The van der Waals surface area contributed by atoms with Gasteiger partial charge in [-0.15, -0.1) is 0 Å². The molecule has 2 aliphatic heterocycles. The van der Waals surface area contributed by atoms with Crippen LogP contribution in [0.15, 0.2) is 18.2 Å². The maximum absolute atomic E-state index is 6.03. The molecule has 20 heavy (non-hydrogen) atoms. The second-order valence-electron chi connectivity index (χ2n) is 6.40. The molecule has 0 aliphatic carbocycles. The summed E-state index contributed by atoms with van der Waals surface area (Å²) >= 11 is 0. The smallest absolute Gasteiger partial charge is 0.121 e. The molecule has 0 spiro atoms. The molecule has 3 nitrogen and oxygen atoms in total. The lowest BCUT2D eigenvalue weighted by Crippen LogP contribution is -2.41. The fourth-order valence-corrected chi connectivity index (χ4v) is 3.28. The van der Waals surface area contributed by atoms with E-state index in [1.165, 1.54) is 37.2 Å². The summed E-state index contributed by atoms with van der Waals surface area (Å²) < 4.78 is 6.03. The van der Waals surface area contributed by atoms with E-state index in [9.17, 15) is 0 Å². The molecule has 0 radical (unpaired) electrons. The number of anilines is 1. The van der Waals surface area contributed by atoms with Crippen LogP contribution in [0.3, 0.4) is 0 Å². The van der Waals surface area contributed by atoms with E-state index in [1.807, 2.05) is 0 Å². The van der Waals surface area contributed by atoms with Crippen LogP contribution in [0.4, 0.5) is 5.69 Å². The second kappa shape index (κ2) is 6.04. The molecule has 0 aromatic heterocycles. The third kappa shape index (κ3) is 3.09. The Morgan fingerprint density at radius 3 is 3.15 bits per heavy atom. The highest BCUT2D eigenvalue weighted by Crippen LogP contribution is 2.27. The van der Waals surface area contributed by atoms with Crippen LogP contribution < -0.4 is 10.1 Å². The molecule has 1 N–H and O–H groups in total. The summed E-state index contributed by atoms with van der Waals surface area (Å²) in [4.78, 5) is 2.57. The first kappa shape index (κ1) is 13.7. The van der Waals surface area contributed by atoms with Crippen LogP contribution in [0.25, 0.3) is 0 Å². The van der Waals surface area contributed by atoms with E-state index in [2.05, 4.69) is 42.3 Å². The summed E-state index contributed by atoms with van der Waals surface area (Å²) in [5, 5.41) is 3.41. The summed E-state index contributed by atoms with van der Waals surface area (Å²) in [6, 6.07) is 7.13. The predicted octanol–water partition coefficient (Wildman–Crippen LogP) is 3.15. The topological polar surface area (TPSA) is 24.5 Å². The molecule has 0 bridgehead atoms. The number of hydrogen-bond donors (Lipinski definition) is 1. The summed E-state index contributed by atoms with van der Waals surface area (Å²) in [7, 11) is 0. The zero-order valence-electron chi connectivity index (χ0n) is 12.7. The lowest BCUT2D eigenvalue weighted by Gasteiger charge is -2.35. The van der Waals surface area contributed by atoms with Crippen LogP contribution in [0.1, 0.15) is 32.3 Å². The lowest BCUT2D eigenvalue weighted by molar-refractivity contribution is 0.107. The van der Waals surface area contributed by atoms with Crippen molar-refractivity contribution in [2.24, 2.45) is 5.92 Å². The number of hydrogen-bond acceptors (Lipinski definition) is 3. The highest BCUT2D eigenvalue weighted by molar-refractivity contribution is 5.58. The molecular formula is C17H26N2O. The van der Waals surface area contributed by atoms with Gasteiger partial charge in [-0.3, -0.25) is 0 Å². The Balaban J connectivity index is 1.54. The maximum Gasteiger partial charge on any atom is 0.121 e. The van der Waals surface area contributed by atoms with Gasteiger partial charge in [-0.1, -0.05) is 6.07 Å². The Morgan fingerprint density at radius 2 is 2.30 bits per heavy atom.